The van der Waals surface area contributed by atoms with E-state index in [0.29, 0.717) is 21.5 Å². The fraction of sp³-hybridized carbons (Fsp3) is 0.600. The molecule has 118 valence electrons. The maximum atomic E-state index is 14.3. The molecule has 0 unspecified atom stereocenters. The molecule has 1 heterocycles. The van der Waals surface area contributed by atoms with Gasteiger partial charge in [-0.1, -0.05) is 36.0 Å². The molecule has 1 saturated heterocycles. The number of nitrogens with one attached hydrogen (secondary N) is 1. The van der Waals surface area contributed by atoms with E-state index in [-0.39, 0.29) is 24.3 Å². The van der Waals surface area contributed by atoms with Gasteiger partial charge in [0.1, 0.15) is 5.82 Å². The molecule has 0 radical (unpaired) electrons. The molecule has 3 rings (SSSR count). The number of nitrogens with zero attached hydrogens (tertiary/aromatic N) is 1. The van der Waals surface area contributed by atoms with Crippen LogP contribution in [0.3, 0.4) is 0 Å². The first kappa shape index (κ1) is 17.3. The lowest BCUT2D eigenvalue weighted by molar-refractivity contribution is 0.157. The second-order valence-corrected chi connectivity index (χ2v) is 6.52. The molecule has 1 N–H and O–H groups in total. The van der Waals surface area contributed by atoms with Crippen molar-refractivity contribution in [3.63, 3.8) is 0 Å². The van der Waals surface area contributed by atoms with Crippen molar-refractivity contribution < 1.29 is 4.39 Å². The van der Waals surface area contributed by atoms with E-state index in [1.807, 2.05) is 0 Å². The van der Waals surface area contributed by atoms with Crippen molar-refractivity contribution in [1.29, 1.82) is 0 Å². The first-order valence-corrected chi connectivity index (χ1v) is 8.00. The summed E-state index contributed by atoms with van der Waals surface area (Å²) < 4.78 is 14.3. The smallest absolute Gasteiger partial charge is 0.129 e. The van der Waals surface area contributed by atoms with Gasteiger partial charge in [0.2, 0.25) is 0 Å². The number of rotatable bonds is 4. The molecule has 1 atom stereocenters. The molecule has 2 aliphatic rings. The zero-order valence-electron chi connectivity index (χ0n) is 11.7. The van der Waals surface area contributed by atoms with Gasteiger partial charge in [-0.05, 0) is 24.5 Å². The second kappa shape index (κ2) is 7.47. The quantitative estimate of drug-likeness (QED) is 0.812. The van der Waals surface area contributed by atoms with Crippen LogP contribution in [0.25, 0.3) is 0 Å². The molecule has 2 nitrogen and oxygen atoms in total. The van der Waals surface area contributed by atoms with E-state index in [2.05, 4.69) is 10.2 Å². The Morgan fingerprint density at radius 3 is 2.52 bits per heavy atom. The summed E-state index contributed by atoms with van der Waals surface area (Å²) in [6.07, 6.45) is 3.49. The Kier molecular flexibility index (Phi) is 6.15. The summed E-state index contributed by atoms with van der Waals surface area (Å²) in [6, 6.07) is 3.02. The van der Waals surface area contributed by atoms with Crippen molar-refractivity contribution in [3.8, 4) is 0 Å². The van der Waals surface area contributed by atoms with Crippen molar-refractivity contribution in [2.75, 3.05) is 26.2 Å². The van der Waals surface area contributed by atoms with Crippen molar-refractivity contribution in [2.45, 2.75) is 25.3 Å². The Morgan fingerprint density at radius 1 is 1.24 bits per heavy atom. The summed E-state index contributed by atoms with van der Waals surface area (Å²) >= 11 is 12.4. The molecule has 0 amide bonds. The Balaban J connectivity index is 0.00000161. The minimum atomic E-state index is -0.233. The molecule has 1 aromatic rings. The average Bonchev–Trinajstić information content (AvgIpc) is 3.27. The fourth-order valence-electron chi connectivity index (χ4n) is 2.96. The third kappa shape index (κ3) is 4.02. The van der Waals surface area contributed by atoms with Crippen LogP contribution in [0.1, 0.15) is 30.9 Å². The number of hydrogen-bond donors (Lipinski definition) is 1. The lowest BCUT2D eigenvalue weighted by Gasteiger charge is -2.36. The molecule has 21 heavy (non-hydrogen) atoms. The Labute approximate surface area is 141 Å². The lowest BCUT2D eigenvalue weighted by atomic mass is 9.98. The molecule has 0 bridgehead atoms. The highest BCUT2D eigenvalue weighted by molar-refractivity contribution is 6.42. The van der Waals surface area contributed by atoms with E-state index in [0.717, 1.165) is 32.6 Å². The Bertz CT molecular complexity index is 488. The van der Waals surface area contributed by atoms with E-state index < -0.39 is 0 Å². The third-order valence-electron chi connectivity index (χ3n) is 4.26. The van der Waals surface area contributed by atoms with Gasteiger partial charge < -0.3 is 5.32 Å². The van der Waals surface area contributed by atoms with Gasteiger partial charge in [-0.3, -0.25) is 4.90 Å². The highest BCUT2D eigenvalue weighted by atomic mass is 35.5. The van der Waals surface area contributed by atoms with Gasteiger partial charge in [-0.25, -0.2) is 4.39 Å². The van der Waals surface area contributed by atoms with Crippen LogP contribution in [0.15, 0.2) is 12.1 Å². The van der Waals surface area contributed by atoms with Crippen LogP contribution < -0.4 is 5.32 Å². The predicted molar refractivity (Wildman–Crippen MR) is 88.2 cm³/mol. The zero-order valence-corrected chi connectivity index (χ0v) is 14.1. The predicted octanol–water partition coefficient (Wildman–Crippen LogP) is 4.30. The highest BCUT2D eigenvalue weighted by Crippen LogP contribution is 2.43. The number of halogens is 4. The third-order valence-corrected chi connectivity index (χ3v) is 5.08. The monoisotopic (exact) mass is 352 g/mol. The molecular formula is C15H20Cl3FN2. The van der Waals surface area contributed by atoms with Gasteiger partial charge in [-0.2, -0.15) is 0 Å². The van der Waals surface area contributed by atoms with E-state index in [1.54, 1.807) is 0 Å². The van der Waals surface area contributed by atoms with E-state index in [4.69, 9.17) is 23.2 Å². The molecule has 0 spiro atoms. The Hall–Kier alpha value is -0.0600. The van der Waals surface area contributed by atoms with Crippen molar-refractivity contribution >= 4 is 35.6 Å². The Morgan fingerprint density at radius 2 is 1.90 bits per heavy atom. The van der Waals surface area contributed by atoms with Gasteiger partial charge >= 0.3 is 0 Å². The summed E-state index contributed by atoms with van der Waals surface area (Å²) in [5, 5.41) is 4.16. The molecule has 1 aliphatic heterocycles. The van der Waals surface area contributed by atoms with Crippen molar-refractivity contribution in [2.24, 2.45) is 5.92 Å². The van der Waals surface area contributed by atoms with Crippen LogP contribution in [0, 0.1) is 11.7 Å². The molecule has 0 aromatic heterocycles. The van der Waals surface area contributed by atoms with Crippen LogP contribution >= 0.6 is 35.6 Å². The van der Waals surface area contributed by atoms with Crippen LogP contribution in [-0.2, 0) is 0 Å². The van der Waals surface area contributed by atoms with Crippen LogP contribution in [0.4, 0.5) is 4.39 Å². The standard InChI is InChI=1S/C15H19Cl2FN2.ClH/c16-11-3-4-12(18)14(15(11)17)13(9-10-1-2-10)20-7-5-19-6-8-20;/h3-4,10,13,19H,1-2,5-9H2;1H/t13-;/m1./s1. The van der Waals surface area contributed by atoms with Gasteiger partial charge in [0, 0.05) is 37.8 Å². The maximum absolute atomic E-state index is 14.3. The topological polar surface area (TPSA) is 15.3 Å². The van der Waals surface area contributed by atoms with Gasteiger partial charge in [0.05, 0.1) is 10.0 Å². The van der Waals surface area contributed by atoms with Crippen LogP contribution in [-0.4, -0.2) is 31.1 Å². The number of piperazine rings is 1. The summed E-state index contributed by atoms with van der Waals surface area (Å²) in [4.78, 5) is 2.34. The molecule has 1 saturated carbocycles. The molecular weight excluding hydrogens is 334 g/mol. The van der Waals surface area contributed by atoms with Crippen LogP contribution in [0.5, 0.6) is 0 Å². The summed E-state index contributed by atoms with van der Waals surface area (Å²) in [7, 11) is 0. The van der Waals surface area contributed by atoms with Gasteiger partial charge in [-0.15, -0.1) is 12.4 Å². The van der Waals surface area contributed by atoms with Crippen molar-refractivity contribution in [3.05, 3.63) is 33.6 Å². The number of benzene rings is 1. The van der Waals surface area contributed by atoms with E-state index >= 15 is 0 Å². The zero-order chi connectivity index (χ0) is 14.1. The second-order valence-electron chi connectivity index (χ2n) is 5.74. The normalized spacial score (nSPS) is 20.9. The van der Waals surface area contributed by atoms with E-state index in [9.17, 15) is 4.39 Å². The largest absolute Gasteiger partial charge is 0.314 e. The molecule has 1 aliphatic carbocycles. The lowest BCUT2D eigenvalue weighted by Crippen LogP contribution is -2.45. The van der Waals surface area contributed by atoms with E-state index in [1.165, 1.54) is 25.0 Å². The summed E-state index contributed by atoms with van der Waals surface area (Å²) in [5.74, 6) is 0.480. The minimum absolute atomic E-state index is 0. The first-order chi connectivity index (χ1) is 9.66. The fourth-order valence-corrected chi connectivity index (χ4v) is 3.40. The maximum Gasteiger partial charge on any atom is 0.129 e. The van der Waals surface area contributed by atoms with Crippen molar-refractivity contribution in [1.82, 2.24) is 10.2 Å². The highest BCUT2D eigenvalue weighted by Gasteiger charge is 2.33. The molecule has 6 heteroatoms. The first-order valence-electron chi connectivity index (χ1n) is 7.25. The van der Waals surface area contributed by atoms with Crippen LogP contribution in [0.2, 0.25) is 10.0 Å². The average molecular weight is 354 g/mol. The number of hydrogen-bond acceptors (Lipinski definition) is 2. The summed E-state index contributed by atoms with van der Waals surface area (Å²) in [6.45, 7) is 3.75. The molecule has 1 aromatic carbocycles. The SMILES string of the molecule is Cl.Fc1ccc(Cl)c(Cl)c1[C@@H](CC1CC1)N1CCNCC1. The summed E-state index contributed by atoms with van der Waals surface area (Å²) in [5.41, 5.74) is 0.591. The molecule has 2 fully saturated rings. The van der Waals surface area contributed by atoms with Gasteiger partial charge in [0.25, 0.3) is 0 Å². The minimum Gasteiger partial charge on any atom is -0.314 e. The van der Waals surface area contributed by atoms with Gasteiger partial charge in [0.15, 0.2) is 0 Å².